The van der Waals surface area contributed by atoms with Gasteiger partial charge in [0.15, 0.2) is 5.11 Å². The Balaban J connectivity index is 2.36. The highest BCUT2D eigenvalue weighted by Gasteiger charge is 2.27. The average Bonchev–Trinajstić information content (AvgIpc) is 3.01. The second kappa shape index (κ2) is 8.62. The monoisotopic (exact) mass is 436 g/mol. The molecule has 0 aliphatic heterocycles. The first kappa shape index (κ1) is 23.0. The van der Waals surface area contributed by atoms with Crippen molar-refractivity contribution in [1.29, 1.82) is 0 Å². The normalized spacial score (nSPS) is 11.8. The van der Waals surface area contributed by atoms with E-state index in [-0.39, 0.29) is 22.5 Å². The zero-order chi connectivity index (χ0) is 22.0. The van der Waals surface area contributed by atoms with Crippen LogP contribution in [0, 0.1) is 0 Å². The molecule has 7 nitrogen and oxygen atoms in total. The van der Waals surface area contributed by atoms with E-state index in [1.807, 2.05) is 12.1 Å². The van der Waals surface area contributed by atoms with Gasteiger partial charge in [0.25, 0.3) is 0 Å². The molecule has 0 spiro atoms. The SMILES string of the molecule is CCOC(=O)NC(=S)Nc1nnc(-c2cc(C(C)(C)C)c(O)c(C(C)(C)C)c2)s1. The number of thiocarbonyl (C=S) groups is 1. The number of alkyl carbamates (subject to hydrolysis) is 1. The summed E-state index contributed by atoms with van der Waals surface area (Å²) < 4.78 is 4.79. The molecule has 2 rings (SSSR count). The number of phenols is 1. The van der Waals surface area contributed by atoms with E-state index in [2.05, 4.69) is 62.4 Å². The molecule has 9 heteroatoms. The highest BCUT2D eigenvalue weighted by atomic mass is 32.1. The molecule has 1 heterocycles. The molecule has 0 unspecified atom stereocenters. The first-order valence-corrected chi connectivity index (χ1v) is 10.5. The van der Waals surface area contributed by atoms with E-state index in [1.54, 1.807) is 6.92 Å². The van der Waals surface area contributed by atoms with Crippen molar-refractivity contribution in [3.8, 4) is 16.3 Å². The maximum Gasteiger partial charge on any atom is 0.413 e. The molecule has 158 valence electrons. The molecule has 0 atom stereocenters. The fraction of sp³-hybridized carbons (Fsp3) is 0.500. The van der Waals surface area contributed by atoms with Gasteiger partial charge in [-0.25, -0.2) is 4.79 Å². The molecule has 0 aliphatic carbocycles. The number of ether oxygens (including phenoxy) is 1. The van der Waals surface area contributed by atoms with Gasteiger partial charge in [0.1, 0.15) is 10.8 Å². The summed E-state index contributed by atoms with van der Waals surface area (Å²) >= 11 is 6.40. The van der Waals surface area contributed by atoms with Crippen molar-refractivity contribution < 1.29 is 14.6 Å². The molecule has 1 amide bonds. The van der Waals surface area contributed by atoms with E-state index < -0.39 is 6.09 Å². The zero-order valence-corrected chi connectivity index (χ0v) is 19.5. The van der Waals surface area contributed by atoms with Crippen molar-refractivity contribution in [2.24, 2.45) is 0 Å². The lowest BCUT2D eigenvalue weighted by molar-refractivity contribution is 0.158. The topological polar surface area (TPSA) is 96.4 Å². The van der Waals surface area contributed by atoms with Crippen molar-refractivity contribution in [1.82, 2.24) is 15.5 Å². The number of phenolic OH excluding ortho intramolecular Hbond substituents is 1. The molecule has 2 aromatic rings. The van der Waals surface area contributed by atoms with Gasteiger partial charge in [-0.1, -0.05) is 52.9 Å². The summed E-state index contributed by atoms with van der Waals surface area (Å²) in [5.74, 6) is 0.316. The minimum absolute atomic E-state index is 0.0858. The van der Waals surface area contributed by atoms with E-state index in [4.69, 9.17) is 17.0 Å². The van der Waals surface area contributed by atoms with Gasteiger partial charge in [0.05, 0.1) is 6.61 Å². The van der Waals surface area contributed by atoms with E-state index in [1.165, 1.54) is 11.3 Å². The van der Waals surface area contributed by atoms with Gasteiger partial charge >= 0.3 is 6.09 Å². The lowest BCUT2D eigenvalue weighted by atomic mass is 9.78. The van der Waals surface area contributed by atoms with Crippen molar-refractivity contribution in [2.75, 3.05) is 11.9 Å². The van der Waals surface area contributed by atoms with Gasteiger partial charge in [0, 0.05) is 16.7 Å². The largest absolute Gasteiger partial charge is 0.507 e. The number of nitrogens with one attached hydrogen (secondary N) is 2. The molecule has 0 bridgehead atoms. The molecule has 0 fully saturated rings. The van der Waals surface area contributed by atoms with Crippen LogP contribution in [-0.2, 0) is 15.6 Å². The highest BCUT2D eigenvalue weighted by molar-refractivity contribution is 7.80. The van der Waals surface area contributed by atoms with E-state index in [9.17, 15) is 9.90 Å². The number of amides is 1. The first-order valence-electron chi connectivity index (χ1n) is 9.29. The van der Waals surface area contributed by atoms with E-state index >= 15 is 0 Å². The molecular formula is C20H28N4O3S2. The highest BCUT2D eigenvalue weighted by Crippen LogP contribution is 2.42. The Morgan fingerprint density at radius 1 is 1.14 bits per heavy atom. The lowest BCUT2D eigenvalue weighted by Crippen LogP contribution is -2.34. The summed E-state index contributed by atoms with van der Waals surface area (Å²) in [6.07, 6.45) is -0.627. The third-order valence-corrected chi connectivity index (χ3v) is 5.20. The summed E-state index contributed by atoms with van der Waals surface area (Å²) in [6, 6.07) is 3.90. The lowest BCUT2D eigenvalue weighted by Gasteiger charge is -2.27. The van der Waals surface area contributed by atoms with Gasteiger partial charge in [-0.15, -0.1) is 10.2 Å². The number of carbonyl (C=O) groups excluding carboxylic acids is 1. The maximum absolute atomic E-state index is 11.4. The molecule has 3 N–H and O–H groups in total. The van der Waals surface area contributed by atoms with Crippen LogP contribution in [0.25, 0.3) is 10.6 Å². The number of nitrogens with zero attached hydrogens (tertiary/aromatic N) is 2. The quantitative estimate of drug-likeness (QED) is 0.586. The van der Waals surface area contributed by atoms with Gasteiger partial charge in [0.2, 0.25) is 5.13 Å². The number of carbonyl (C=O) groups is 1. The number of benzene rings is 1. The van der Waals surface area contributed by atoms with Crippen LogP contribution in [0.5, 0.6) is 5.75 Å². The van der Waals surface area contributed by atoms with E-state index in [0.29, 0.717) is 15.9 Å². The van der Waals surface area contributed by atoms with Crippen LogP contribution in [0.4, 0.5) is 9.93 Å². The molecule has 29 heavy (non-hydrogen) atoms. The number of anilines is 1. The van der Waals surface area contributed by atoms with Crippen LogP contribution in [0.15, 0.2) is 12.1 Å². The molecular weight excluding hydrogens is 408 g/mol. The third kappa shape index (κ3) is 5.86. The Bertz CT molecular complexity index is 876. The molecule has 1 aromatic heterocycles. The van der Waals surface area contributed by atoms with Crippen LogP contribution >= 0.6 is 23.6 Å². The molecule has 0 radical (unpaired) electrons. The number of hydrogen-bond donors (Lipinski definition) is 3. The standard InChI is InChI=1S/C20H28N4O3S2/c1-8-27-18(26)22-16(28)21-17-24-23-15(29-17)11-9-12(19(2,3)4)14(25)13(10-11)20(5,6)7/h9-10,25H,8H2,1-7H3,(H2,21,22,24,26,28). The summed E-state index contributed by atoms with van der Waals surface area (Å²) in [7, 11) is 0. The number of aromatic nitrogens is 2. The second-order valence-corrected chi connectivity index (χ2v) is 10.0. The Labute approximate surface area is 180 Å². The van der Waals surface area contributed by atoms with Crippen molar-refractivity contribution >= 4 is 39.9 Å². The van der Waals surface area contributed by atoms with Crippen LogP contribution in [0.2, 0.25) is 0 Å². The van der Waals surface area contributed by atoms with Crippen LogP contribution in [0.1, 0.15) is 59.6 Å². The van der Waals surface area contributed by atoms with Gasteiger partial charge < -0.3 is 15.2 Å². The molecule has 0 aliphatic rings. The fourth-order valence-corrected chi connectivity index (χ4v) is 3.66. The minimum Gasteiger partial charge on any atom is -0.507 e. The van der Waals surface area contributed by atoms with Crippen molar-refractivity contribution in [2.45, 2.75) is 59.3 Å². The Morgan fingerprint density at radius 2 is 1.69 bits per heavy atom. The number of hydrogen-bond acceptors (Lipinski definition) is 7. The van der Waals surface area contributed by atoms with Gasteiger partial charge in [-0.05, 0) is 42.1 Å². The minimum atomic E-state index is -0.627. The van der Waals surface area contributed by atoms with Gasteiger partial charge in [-0.3, -0.25) is 5.32 Å². The average molecular weight is 437 g/mol. The Morgan fingerprint density at radius 3 is 2.17 bits per heavy atom. The Kier molecular flexibility index (Phi) is 6.85. The summed E-state index contributed by atoms with van der Waals surface area (Å²) in [5, 5.41) is 25.7. The first-order chi connectivity index (χ1) is 13.3. The Hall–Kier alpha value is -2.26. The molecule has 0 saturated carbocycles. The zero-order valence-electron chi connectivity index (χ0n) is 17.8. The van der Waals surface area contributed by atoms with Crippen molar-refractivity contribution in [3.63, 3.8) is 0 Å². The van der Waals surface area contributed by atoms with Crippen LogP contribution in [0.3, 0.4) is 0 Å². The van der Waals surface area contributed by atoms with E-state index in [0.717, 1.165) is 16.7 Å². The predicted octanol–water partition coefficient (Wildman–Crippen LogP) is 4.95. The molecule has 1 aromatic carbocycles. The predicted molar refractivity (Wildman–Crippen MR) is 121 cm³/mol. The third-order valence-electron chi connectivity index (χ3n) is 4.11. The van der Waals surface area contributed by atoms with Gasteiger partial charge in [-0.2, -0.15) is 0 Å². The summed E-state index contributed by atoms with van der Waals surface area (Å²) in [6.45, 7) is 14.3. The summed E-state index contributed by atoms with van der Waals surface area (Å²) in [5.41, 5.74) is 2.09. The number of aromatic hydroxyl groups is 1. The fourth-order valence-electron chi connectivity index (χ4n) is 2.68. The maximum atomic E-state index is 11.4. The second-order valence-electron chi connectivity index (χ2n) is 8.63. The van der Waals surface area contributed by atoms with Crippen LogP contribution < -0.4 is 10.6 Å². The molecule has 0 saturated heterocycles. The number of rotatable bonds is 3. The summed E-state index contributed by atoms with van der Waals surface area (Å²) in [4.78, 5) is 11.4. The van der Waals surface area contributed by atoms with Crippen LogP contribution in [-0.4, -0.2) is 33.1 Å². The smallest absolute Gasteiger partial charge is 0.413 e. The van der Waals surface area contributed by atoms with Crippen molar-refractivity contribution in [3.05, 3.63) is 23.3 Å².